The summed E-state index contributed by atoms with van der Waals surface area (Å²) in [5.74, 6) is 0. The number of fused-ring (bicyclic) bond motifs is 9. The van der Waals surface area contributed by atoms with E-state index in [1.54, 1.807) is 0 Å². The predicted octanol–water partition coefficient (Wildman–Crippen LogP) is 14.3. The number of rotatable bonds is 5. The average Bonchev–Trinajstić information content (AvgIpc) is 3.66. The first kappa shape index (κ1) is 37.6. The minimum Gasteiger partial charge on any atom is -0.354 e. The Hall–Kier alpha value is -7.10. The molecule has 0 atom stereocenters. The van der Waals surface area contributed by atoms with Crippen LogP contribution in [0.2, 0.25) is 0 Å². The fraction of sp³-hybridized carbons (Fsp3) is 0.133. The van der Waals surface area contributed by atoms with Gasteiger partial charge in [-0.2, -0.15) is 0 Å². The van der Waals surface area contributed by atoms with E-state index >= 15 is 0 Å². The fourth-order valence-corrected chi connectivity index (χ4v) is 11.4. The molecule has 0 amide bonds. The second-order valence-corrected chi connectivity index (χ2v) is 19.2. The summed E-state index contributed by atoms with van der Waals surface area (Å²) in [7, 11) is 0.824. The van der Waals surface area contributed by atoms with Crippen molar-refractivity contribution in [2.45, 2.75) is 52.4 Å². The maximum Gasteiger partial charge on any atom is 0.198 e. The number of anilines is 5. The predicted molar refractivity (Wildman–Crippen MR) is 270 cm³/mol. The molecule has 0 fully saturated rings. The molecule has 9 aromatic rings. The van der Waals surface area contributed by atoms with Gasteiger partial charge in [-0.1, -0.05) is 173 Å². The molecule has 9 aromatic carbocycles. The molecule has 0 radical (unpaired) electrons. The van der Waals surface area contributed by atoms with Crippen LogP contribution in [-0.4, -0.2) is 7.28 Å². The van der Waals surface area contributed by atoms with Crippen LogP contribution in [0.3, 0.4) is 0 Å². The zero-order valence-corrected chi connectivity index (χ0v) is 36.9. The molecule has 0 spiro atoms. The van der Waals surface area contributed by atoms with Crippen LogP contribution < -0.4 is 21.1 Å². The summed E-state index contributed by atoms with van der Waals surface area (Å²) < 4.78 is 0. The zero-order valence-electron chi connectivity index (χ0n) is 36.9. The molecule has 0 saturated heterocycles. The van der Waals surface area contributed by atoms with Gasteiger partial charge in [0.2, 0.25) is 0 Å². The zero-order chi connectivity index (χ0) is 42.8. The normalized spacial score (nSPS) is 14.5. The van der Waals surface area contributed by atoms with Crippen molar-refractivity contribution in [2.24, 2.45) is 0 Å². The van der Waals surface area contributed by atoms with Gasteiger partial charge in [-0.25, -0.2) is 0 Å². The molecule has 0 saturated carbocycles. The van der Waals surface area contributed by atoms with Crippen LogP contribution >= 0.6 is 0 Å². The monoisotopic (exact) mass is 808 g/mol. The Kier molecular flexibility index (Phi) is 8.19. The van der Waals surface area contributed by atoms with Crippen LogP contribution in [0.25, 0.3) is 55.3 Å². The average molecular weight is 809 g/mol. The number of benzene rings is 9. The molecule has 3 heteroatoms. The Morgan fingerprint density at radius 2 is 1.11 bits per heavy atom. The first-order valence-corrected chi connectivity index (χ1v) is 22.5. The van der Waals surface area contributed by atoms with Gasteiger partial charge in [-0.15, -0.1) is 0 Å². The number of hydrogen-bond acceptors (Lipinski definition) is 2. The van der Waals surface area contributed by atoms with Crippen molar-refractivity contribution in [2.75, 3.05) is 10.2 Å². The minimum absolute atomic E-state index is 0.0456. The van der Waals surface area contributed by atoms with E-state index in [2.05, 4.69) is 228 Å². The third-order valence-corrected chi connectivity index (χ3v) is 14.6. The highest BCUT2D eigenvalue weighted by atomic mass is 15.2. The molecule has 0 bridgehead atoms. The summed E-state index contributed by atoms with van der Waals surface area (Å²) in [6.45, 7) is 14.0. The van der Waals surface area contributed by atoms with Crippen molar-refractivity contribution in [1.82, 2.24) is 0 Å². The van der Waals surface area contributed by atoms with Gasteiger partial charge in [0.15, 0.2) is 7.28 Å². The summed E-state index contributed by atoms with van der Waals surface area (Å²) in [4.78, 5) is 2.59. The van der Waals surface area contributed by atoms with Gasteiger partial charge in [0, 0.05) is 44.5 Å². The van der Waals surface area contributed by atoms with Crippen molar-refractivity contribution >= 4 is 57.4 Å². The first-order chi connectivity index (χ1) is 30.6. The largest absolute Gasteiger partial charge is 0.354 e. The molecular formula is C60H49BN2. The van der Waals surface area contributed by atoms with Crippen molar-refractivity contribution in [3.8, 4) is 44.5 Å². The molecule has 3 aliphatic rings. The van der Waals surface area contributed by atoms with E-state index in [0.717, 1.165) is 18.7 Å². The van der Waals surface area contributed by atoms with Crippen LogP contribution in [0.4, 0.5) is 28.4 Å². The molecule has 63 heavy (non-hydrogen) atoms. The molecule has 1 heterocycles. The lowest BCUT2D eigenvalue weighted by molar-refractivity contribution is 0.660. The molecule has 0 aromatic heterocycles. The summed E-state index contributed by atoms with van der Waals surface area (Å²) in [5, 5.41) is 6.49. The van der Waals surface area contributed by atoms with Crippen molar-refractivity contribution in [1.29, 1.82) is 0 Å². The van der Waals surface area contributed by atoms with Crippen molar-refractivity contribution in [3.05, 3.63) is 209 Å². The quantitative estimate of drug-likeness (QED) is 0.174. The lowest BCUT2D eigenvalue weighted by Crippen LogP contribution is -2.41. The summed E-state index contributed by atoms with van der Waals surface area (Å²) in [6, 6.07) is 66.1. The molecule has 302 valence electrons. The van der Waals surface area contributed by atoms with Crippen LogP contribution in [0.1, 0.15) is 61.1 Å². The smallest absolute Gasteiger partial charge is 0.198 e. The van der Waals surface area contributed by atoms with Crippen LogP contribution in [0.5, 0.6) is 0 Å². The standard InChI is InChI=1S/C60H49BN2/c1-36-30-48(45-27-24-39-18-10-11-19-42(39)58(45)62-41-26-28-51-46(33-41)43-20-12-14-22-49(43)59(51,3)4)57-56(31-36)63(54-29-25-40(32-37(54)2)38-16-8-7-9-17-38)55-35-52-47(34-53(55)61-57)44-21-13-15-23-50(44)60(52,5)6/h7-35,61-62H,1-6H3. The Balaban J connectivity index is 1.07. The Bertz CT molecular complexity index is 3370. The molecule has 0 unspecified atom stereocenters. The second kappa shape index (κ2) is 13.7. The number of nitrogens with zero attached hydrogens (tertiary/aromatic N) is 1. The Labute approximate surface area is 372 Å². The lowest BCUT2D eigenvalue weighted by Gasteiger charge is -2.37. The van der Waals surface area contributed by atoms with Crippen LogP contribution in [0, 0.1) is 13.8 Å². The Morgan fingerprint density at radius 3 is 1.87 bits per heavy atom. The summed E-state index contributed by atoms with van der Waals surface area (Å²) in [5.41, 5.74) is 26.8. The molecular weight excluding hydrogens is 759 g/mol. The highest BCUT2D eigenvalue weighted by Crippen LogP contribution is 2.52. The van der Waals surface area contributed by atoms with Gasteiger partial charge >= 0.3 is 0 Å². The topological polar surface area (TPSA) is 15.3 Å². The number of nitrogens with one attached hydrogen (secondary N) is 1. The second-order valence-electron chi connectivity index (χ2n) is 19.2. The van der Waals surface area contributed by atoms with Gasteiger partial charge in [0.25, 0.3) is 0 Å². The van der Waals surface area contributed by atoms with Crippen LogP contribution in [0.15, 0.2) is 176 Å². The van der Waals surface area contributed by atoms with Crippen LogP contribution in [-0.2, 0) is 10.8 Å². The van der Waals surface area contributed by atoms with Gasteiger partial charge in [-0.05, 0) is 133 Å². The molecule has 2 aliphatic carbocycles. The summed E-state index contributed by atoms with van der Waals surface area (Å²) >= 11 is 0. The number of hydrogen-bond donors (Lipinski definition) is 1. The van der Waals surface area contributed by atoms with Gasteiger partial charge < -0.3 is 10.2 Å². The third-order valence-electron chi connectivity index (χ3n) is 14.6. The van der Waals surface area contributed by atoms with E-state index in [0.29, 0.717) is 0 Å². The lowest BCUT2D eigenvalue weighted by atomic mass is 9.57. The maximum atomic E-state index is 4.06. The van der Waals surface area contributed by atoms with Crippen molar-refractivity contribution < 1.29 is 0 Å². The van der Waals surface area contributed by atoms with E-state index in [1.807, 2.05) is 0 Å². The third kappa shape index (κ3) is 5.65. The highest BCUT2D eigenvalue weighted by molar-refractivity contribution is 6.73. The summed E-state index contributed by atoms with van der Waals surface area (Å²) in [6.07, 6.45) is 0. The van der Waals surface area contributed by atoms with E-state index in [1.165, 1.54) is 117 Å². The molecule has 12 rings (SSSR count). The van der Waals surface area contributed by atoms with Gasteiger partial charge in [-0.3, -0.25) is 0 Å². The van der Waals surface area contributed by atoms with E-state index < -0.39 is 0 Å². The van der Waals surface area contributed by atoms with Gasteiger partial charge in [0.1, 0.15) is 0 Å². The molecule has 1 N–H and O–H groups in total. The van der Waals surface area contributed by atoms with Gasteiger partial charge in [0.05, 0.1) is 5.69 Å². The minimum atomic E-state index is -0.113. The van der Waals surface area contributed by atoms with E-state index in [9.17, 15) is 0 Å². The maximum absolute atomic E-state index is 4.06. The molecule has 2 nitrogen and oxygen atoms in total. The van der Waals surface area contributed by atoms with E-state index in [4.69, 9.17) is 0 Å². The van der Waals surface area contributed by atoms with Crippen molar-refractivity contribution in [3.63, 3.8) is 0 Å². The molecule has 1 aliphatic heterocycles. The SMILES string of the molecule is Cc1cc(-c2ccc3ccccc3c2Nc2ccc3c(c2)-c2ccccc2C3(C)C)c2c(c1)N(c1ccc(-c3ccccc3)cc1C)c1cc3c(cc1B2)-c1ccccc1C3(C)C. The fourth-order valence-electron chi connectivity index (χ4n) is 11.4. The first-order valence-electron chi connectivity index (χ1n) is 22.5. The highest BCUT2D eigenvalue weighted by Gasteiger charge is 2.39. The van der Waals surface area contributed by atoms with E-state index in [-0.39, 0.29) is 10.8 Å². The Morgan fingerprint density at radius 1 is 0.444 bits per heavy atom. The number of aryl methyl sites for hydroxylation is 2.